The largest absolute Gasteiger partial charge is 0.497 e. The summed E-state index contributed by atoms with van der Waals surface area (Å²) in [5.74, 6) is 0.572. The topological polar surface area (TPSA) is 79.5 Å². The zero-order valence-electron chi connectivity index (χ0n) is 13.5. The third kappa shape index (κ3) is 6.00. The maximum Gasteiger partial charge on any atom is 0.319 e. The Bertz CT molecular complexity index is 657. The molecule has 126 valence electrons. The molecule has 0 aromatic heterocycles. The fourth-order valence-corrected chi connectivity index (χ4v) is 2.06. The van der Waals surface area contributed by atoms with E-state index >= 15 is 0 Å². The molecule has 3 N–H and O–H groups in total. The van der Waals surface area contributed by atoms with Gasteiger partial charge in [-0.2, -0.15) is 0 Å². The summed E-state index contributed by atoms with van der Waals surface area (Å²) < 4.78 is 5.09. The van der Waals surface area contributed by atoms with E-state index in [9.17, 15) is 9.59 Å². The molecule has 6 heteroatoms. The molecule has 0 aliphatic heterocycles. The van der Waals surface area contributed by atoms with Gasteiger partial charge in [-0.15, -0.1) is 0 Å². The average Bonchev–Trinajstić information content (AvgIpc) is 2.61. The van der Waals surface area contributed by atoms with Crippen LogP contribution < -0.4 is 20.7 Å². The summed E-state index contributed by atoms with van der Waals surface area (Å²) in [5, 5.41) is 7.93. The molecule has 2 aromatic rings. The number of carbonyl (C=O) groups excluding carboxylic acids is 2. The molecule has 2 aromatic carbocycles. The minimum atomic E-state index is -0.411. The third-order valence-electron chi connectivity index (χ3n) is 3.34. The van der Waals surface area contributed by atoms with E-state index in [0.717, 1.165) is 11.3 Å². The van der Waals surface area contributed by atoms with Crippen molar-refractivity contribution in [3.63, 3.8) is 0 Å². The van der Waals surface area contributed by atoms with Crippen molar-refractivity contribution in [2.24, 2.45) is 0 Å². The van der Waals surface area contributed by atoms with Gasteiger partial charge in [-0.3, -0.25) is 4.79 Å². The third-order valence-corrected chi connectivity index (χ3v) is 3.34. The number of anilines is 1. The standard InChI is InChI=1S/C18H21N3O3/c1-24-16-9-7-14(8-10-16)11-12-19-17(22)13-20-18(23)21-15-5-3-2-4-6-15/h2-10H,11-13H2,1H3,(H,19,22)(H2,20,21,23). The first-order valence-corrected chi connectivity index (χ1v) is 7.67. The number of ether oxygens (including phenoxy) is 1. The number of urea groups is 1. The predicted molar refractivity (Wildman–Crippen MR) is 93.2 cm³/mol. The highest BCUT2D eigenvalue weighted by Gasteiger charge is 2.05. The zero-order chi connectivity index (χ0) is 17.2. The normalized spacial score (nSPS) is 9.88. The first kappa shape index (κ1) is 17.3. The van der Waals surface area contributed by atoms with Crippen LogP contribution in [0.25, 0.3) is 0 Å². The van der Waals surface area contributed by atoms with Crippen LogP contribution in [0, 0.1) is 0 Å². The first-order valence-electron chi connectivity index (χ1n) is 7.67. The van der Waals surface area contributed by atoms with E-state index in [4.69, 9.17) is 4.74 Å². The molecule has 0 radical (unpaired) electrons. The van der Waals surface area contributed by atoms with Gasteiger partial charge in [0.25, 0.3) is 0 Å². The molecule has 0 aliphatic carbocycles. The summed E-state index contributed by atoms with van der Waals surface area (Å²) >= 11 is 0. The number of methoxy groups -OCH3 is 1. The molecule has 0 unspecified atom stereocenters. The first-order chi connectivity index (χ1) is 11.7. The van der Waals surface area contributed by atoms with Crippen LogP contribution in [0.1, 0.15) is 5.56 Å². The lowest BCUT2D eigenvalue weighted by Gasteiger charge is -2.08. The summed E-state index contributed by atoms with van der Waals surface area (Å²) in [6, 6.07) is 16.3. The fourth-order valence-electron chi connectivity index (χ4n) is 2.06. The van der Waals surface area contributed by atoms with E-state index in [2.05, 4.69) is 16.0 Å². The molecule has 0 saturated carbocycles. The van der Waals surface area contributed by atoms with Gasteiger partial charge < -0.3 is 20.7 Å². The molecule has 0 atom stereocenters. The van der Waals surface area contributed by atoms with E-state index < -0.39 is 6.03 Å². The lowest BCUT2D eigenvalue weighted by Crippen LogP contribution is -2.39. The smallest absolute Gasteiger partial charge is 0.319 e. The van der Waals surface area contributed by atoms with Crippen LogP contribution in [0.15, 0.2) is 54.6 Å². The van der Waals surface area contributed by atoms with Crippen LogP contribution in [0.5, 0.6) is 5.75 Å². The minimum Gasteiger partial charge on any atom is -0.497 e. The maximum absolute atomic E-state index is 11.7. The quantitative estimate of drug-likeness (QED) is 0.729. The highest BCUT2D eigenvalue weighted by Crippen LogP contribution is 2.11. The zero-order valence-corrected chi connectivity index (χ0v) is 13.5. The van der Waals surface area contributed by atoms with Crippen molar-refractivity contribution in [3.05, 3.63) is 60.2 Å². The number of hydrogen-bond donors (Lipinski definition) is 3. The summed E-state index contributed by atoms with van der Waals surface area (Å²) in [5.41, 5.74) is 1.78. The van der Waals surface area contributed by atoms with Gasteiger partial charge in [0.1, 0.15) is 5.75 Å². The van der Waals surface area contributed by atoms with Crippen molar-refractivity contribution in [1.29, 1.82) is 0 Å². The van der Waals surface area contributed by atoms with Gasteiger partial charge in [0.2, 0.25) is 5.91 Å². The molecule has 0 bridgehead atoms. The fraction of sp³-hybridized carbons (Fsp3) is 0.222. The van der Waals surface area contributed by atoms with Crippen molar-refractivity contribution < 1.29 is 14.3 Å². The molecule has 0 spiro atoms. The van der Waals surface area contributed by atoms with E-state index in [1.807, 2.05) is 42.5 Å². The van der Waals surface area contributed by atoms with Gasteiger partial charge in [0.05, 0.1) is 13.7 Å². The van der Waals surface area contributed by atoms with Gasteiger partial charge in [-0.1, -0.05) is 30.3 Å². The summed E-state index contributed by atoms with van der Waals surface area (Å²) in [6.45, 7) is 0.439. The lowest BCUT2D eigenvalue weighted by atomic mass is 10.1. The van der Waals surface area contributed by atoms with Crippen molar-refractivity contribution in [3.8, 4) is 5.75 Å². The van der Waals surface area contributed by atoms with Gasteiger partial charge in [-0.05, 0) is 36.2 Å². The van der Waals surface area contributed by atoms with Gasteiger partial charge >= 0.3 is 6.03 Å². The van der Waals surface area contributed by atoms with Crippen molar-refractivity contribution in [2.75, 3.05) is 25.5 Å². The molecule has 0 heterocycles. The van der Waals surface area contributed by atoms with E-state index in [1.54, 1.807) is 19.2 Å². The van der Waals surface area contributed by atoms with Gasteiger partial charge in [0.15, 0.2) is 0 Å². The number of hydrogen-bond acceptors (Lipinski definition) is 3. The van der Waals surface area contributed by atoms with Crippen molar-refractivity contribution in [1.82, 2.24) is 10.6 Å². The molecular weight excluding hydrogens is 306 g/mol. The minimum absolute atomic E-state index is 0.0682. The Hall–Kier alpha value is -3.02. The molecule has 6 nitrogen and oxygen atoms in total. The van der Waals surface area contributed by atoms with E-state index in [0.29, 0.717) is 18.7 Å². The molecule has 0 saturated heterocycles. The van der Waals surface area contributed by atoms with Crippen LogP contribution >= 0.6 is 0 Å². The summed E-state index contributed by atoms with van der Waals surface area (Å²) in [4.78, 5) is 23.4. The van der Waals surface area contributed by atoms with Crippen LogP contribution in [-0.4, -0.2) is 32.1 Å². The Labute approximate surface area is 141 Å². The molecule has 0 aliphatic rings. The van der Waals surface area contributed by atoms with E-state index in [1.165, 1.54) is 0 Å². The predicted octanol–water partition coefficient (Wildman–Crippen LogP) is 2.18. The number of amides is 3. The molecule has 2 rings (SSSR count). The maximum atomic E-state index is 11.7. The number of carbonyl (C=O) groups is 2. The Kier molecular flexibility index (Phi) is 6.64. The molecular formula is C18H21N3O3. The second kappa shape index (κ2) is 9.19. The Balaban J connectivity index is 1.63. The Morgan fingerprint density at radius 1 is 0.958 bits per heavy atom. The number of benzene rings is 2. The monoisotopic (exact) mass is 327 g/mol. The highest BCUT2D eigenvalue weighted by molar-refractivity contribution is 5.92. The second-order valence-corrected chi connectivity index (χ2v) is 5.12. The SMILES string of the molecule is COc1ccc(CCNC(=O)CNC(=O)Nc2ccccc2)cc1. The Morgan fingerprint density at radius 2 is 1.67 bits per heavy atom. The molecule has 3 amide bonds. The summed E-state index contributed by atoms with van der Waals surface area (Å²) in [7, 11) is 1.62. The number of rotatable bonds is 7. The highest BCUT2D eigenvalue weighted by atomic mass is 16.5. The van der Waals surface area contributed by atoms with Crippen LogP contribution in [0.4, 0.5) is 10.5 Å². The van der Waals surface area contributed by atoms with Gasteiger partial charge in [-0.25, -0.2) is 4.79 Å². The van der Waals surface area contributed by atoms with Crippen LogP contribution in [0.3, 0.4) is 0 Å². The average molecular weight is 327 g/mol. The number of nitrogens with one attached hydrogen (secondary N) is 3. The Morgan fingerprint density at radius 3 is 2.33 bits per heavy atom. The summed E-state index contributed by atoms with van der Waals surface area (Å²) in [6.07, 6.45) is 0.714. The lowest BCUT2D eigenvalue weighted by molar-refractivity contribution is -0.120. The second-order valence-electron chi connectivity index (χ2n) is 5.12. The van der Waals surface area contributed by atoms with Crippen molar-refractivity contribution >= 4 is 17.6 Å². The van der Waals surface area contributed by atoms with Crippen LogP contribution in [-0.2, 0) is 11.2 Å². The van der Waals surface area contributed by atoms with E-state index in [-0.39, 0.29) is 12.5 Å². The van der Waals surface area contributed by atoms with Crippen molar-refractivity contribution in [2.45, 2.75) is 6.42 Å². The molecule has 24 heavy (non-hydrogen) atoms. The van der Waals surface area contributed by atoms with Gasteiger partial charge in [0, 0.05) is 12.2 Å². The molecule has 0 fully saturated rings. The number of para-hydroxylation sites is 1. The van der Waals surface area contributed by atoms with Crippen LogP contribution in [0.2, 0.25) is 0 Å².